The molecule has 4 heteroatoms. The van der Waals surface area contributed by atoms with Crippen molar-refractivity contribution in [2.24, 2.45) is 5.92 Å². The van der Waals surface area contributed by atoms with Gasteiger partial charge in [0.15, 0.2) is 6.29 Å². The van der Waals surface area contributed by atoms with Gasteiger partial charge in [0.25, 0.3) is 0 Å². The van der Waals surface area contributed by atoms with Gasteiger partial charge < -0.3 is 14.2 Å². The second-order valence-electron chi connectivity index (χ2n) is 6.53. The Hall–Kier alpha value is -1.39. The SMILES string of the molecule is CC(C)CC(CC(=O)OCc1ccccc1)OC1CCCCO1. The van der Waals surface area contributed by atoms with E-state index in [1.54, 1.807) is 0 Å². The second-order valence-corrected chi connectivity index (χ2v) is 6.53. The van der Waals surface area contributed by atoms with Gasteiger partial charge in [0, 0.05) is 6.61 Å². The second kappa shape index (κ2) is 9.68. The Morgan fingerprint density at radius 2 is 2.04 bits per heavy atom. The fourth-order valence-electron chi connectivity index (χ4n) is 2.73. The summed E-state index contributed by atoms with van der Waals surface area (Å²) < 4.78 is 17.0. The highest BCUT2D eigenvalue weighted by Crippen LogP contribution is 2.20. The van der Waals surface area contributed by atoms with E-state index in [1.165, 1.54) is 0 Å². The lowest BCUT2D eigenvalue weighted by Crippen LogP contribution is -2.30. The number of carbonyl (C=O) groups is 1. The molecule has 1 heterocycles. The Kier molecular flexibility index (Phi) is 7.56. The first-order chi connectivity index (χ1) is 11.1. The van der Waals surface area contributed by atoms with E-state index in [9.17, 15) is 4.79 Å². The maximum atomic E-state index is 12.1. The zero-order valence-electron chi connectivity index (χ0n) is 14.2. The lowest BCUT2D eigenvalue weighted by Gasteiger charge is -2.28. The molecule has 0 amide bonds. The first-order valence-electron chi connectivity index (χ1n) is 8.60. The van der Waals surface area contributed by atoms with Crippen LogP contribution in [0.5, 0.6) is 0 Å². The molecule has 0 spiro atoms. The lowest BCUT2D eigenvalue weighted by molar-refractivity contribution is -0.195. The molecule has 2 unspecified atom stereocenters. The van der Waals surface area contributed by atoms with Crippen LogP contribution in [0.4, 0.5) is 0 Å². The van der Waals surface area contributed by atoms with E-state index < -0.39 is 0 Å². The number of hydrogen-bond donors (Lipinski definition) is 0. The molecule has 23 heavy (non-hydrogen) atoms. The third kappa shape index (κ3) is 7.14. The molecular formula is C19H28O4. The van der Waals surface area contributed by atoms with E-state index in [4.69, 9.17) is 14.2 Å². The average Bonchev–Trinajstić information content (AvgIpc) is 2.54. The highest BCUT2D eigenvalue weighted by Gasteiger charge is 2.23. The van der Waals surface area contributed by atoms with E-state index in [-0.39, 0.29) is 24.8 Å². The Morgan fingerprint density at radius 1 is 1.26 bits per heavy atom. The third-order valence-electron chi connectivity index (χ3n) is 3.85. The number of esters is 1. The molecule has 0 aliphatic carbocycles. The van der Waals surface area contributed by atoms with Crippen LogP contribution in [0.25, 0.3) is 0 Å². The summed E-state index contributed by atoms with van der Waals surface area (Å²) in [6, 6.07) is 9.72. The molecule has 0 aromatic heterocycles. The van der Waals surface area contributed by atoms with E-state index in [0.717, 1.165) is 37.9 Å². The van der Waals surface area contributed by atoms with Crippen molar-refractivity contribution in [3.8, 4) is 0 Å². The van der Waals surface area contributed by atoms with Crippen LogP contribution in [-0.2, 0) is 25.6 Å². The Bertz CT molecular complexity index is 452. The fourth-order valence-corrected chi connectivity index (χ4v) is 2.73. The molecule has 1 aromatic rings. The van der Waals surface area contributed by atoms with E-state index in [0.29, 0.717) is 12.5 Å². The van der Waals surface area contributed by atoms with E-state index in [2.05, 4.69) is 13.8 Å². The molecule has 1 fully saturated rings. The summed E-state index contributed by atoms with van der Waals surface area (Å²) in [5.41, 5.74) is 0.998. The smallest absolute Gasteiger partial charge is 0.308 e. The van der Waals surface area contributed by atoms with Crippen molar-refractivity contribution in [3.63, 3.8) is 0 Å². The molecular weight excluding hydrogens is 292 g/mol. The Morgan fingerprint density at radius 3 is 2.70 bits per heavy atom. The predicted octanol–water partition coefficient (Wildman–Crippen LogP) is 4.08. The van der Waals surface area contributed by atoms with Gasteiger partial charge in [-0.05, 0) is 37.2 Å². The van der Waals surface area contributed by atoms with Crippen LogP contribution < -0.4 is 0 Å². The molecule has 1 saturated heterocycles. The van der Waals surface area contributed by atoms with Gasteiger partial charge in [-0.3, -0.25) is 4.79 Å². The van der Waals surface area contributed by atoms with Crippen molar-refractivity contribution in [2.45, 2.75) is 65.0 Å². The molecule has 0 N–H and O–H groups in total. The predicted molar refractivity (Wildman–Crippen MR) is 88.8 cm³/mol. The quantitative estimate of drug-likeness (QED) is 0.677. The summed E-state index contributed by atoms with van der Waals surface area (Å²) in [5.74, 6) is 0.251. The number of carbonyl (C=O) groups excluding carboxylic acids is 1. The van der Waals surface area contributed by atoms with Crippen LogP contribution >= 0.6 is 0 Å². The van der Waals surface area contributed by atoms with Crippen molar-refractivity contribution < 1.29 is 19.0 Å². The zero-order chi connectivity index (χ0) is 16.5. The fraction of sp³-hybridized carbons (Fsp3) is 0.632. The van der Waals surface area contributed by atoms with Gasteiger partial charge in [-0.1, -0.05) is 44.2 Å². The van der Waals surface area contributed by atoms with E-state index >= 15 is 0 Å². The molecule has 1 aromatic carbocycles. The first kappa shape index (κ1) is 18.0. The first-order valence-corrected chi connectivity index (χ1v) is 8.60. The molecule has 4 nitrogen and oxygen atoms in total. The summed E-state index contributed by atoms with van der Waals surface area (Å²) in [5, 5.41) is 0. The molecule has 0 radical (unpaired) electrons. The number of rotatable bonds is 8. The topological polar surface area (TPSA) is 44.8 Å². The van der Waals surface area contributed by atoms with Crippen molar-refractivity contribution >= 4 is 5.97 Å². The monoisotopic (exact) mass is 320 g/mol. The highest BCUT2D eigenvalue weighted by molar-refractivity contribution is 5.70. The molecule has 1 aliphatic rings. The van der Waals surface area contributed by atoms with Crippen LogP contribution in [0.15, 0.2) is 30.3 Å². The van der Waals surface area contributed by atoms with Gasteiger partial charge in [0.05, 0.1) is 12.5 Å². The Balaban J connectivity index is 1.79. The minimum atomic E-state index is -0.213. The molecule has 0 bridgehead atoms. The van der Waals surface area contributed by atoms with Crippen LogP contribution in [0.2, 0.25) is 0 Å². The highest BCUT2D eigenvalue weighted by atomic mass is 16.7. The summed E-state index contributed by atoms with van der Waals surface area (Å²) in [6.45, 7) is 5.33. The van der Waals surface area contributed by atoms with Gasteiger partial charge >= 0.3 is 5.97 Å². The summed E-state index contributed by atoms with van der Waals surface area (Å²) >= 11 is 0. The minimum Gasteiger partial charge on any atom is -0.461 e. The van der Waals surface area contributed by atoms with Gasteiger partial charge in [-0.25, -0.2) is 0 Å². The summed E-state index contributed by atoms with van der Waals surface area (Å²) in [6.07, 6.45) is 3.93. The summed E-state index contributed by atoms with van der Waals surface area (Å²) in [7, 11) is 0. The van der Waals surface area contributed by atoms with Crippen LogP contribution in [0.3, 0.4) is 0 Å². The maximum absolute atomic E-state index is 12.1. The number of benzene rings is 1. The van der Waals surface area contributed by atoms with E-state index in [1.807, 2.05) is 30.3 Å². The average molecular weight is 320 g/mol. The number of hydrogen-bond acceptors (Lipinski definition) is 4. The lowest BCUT2D eigenvalue weighted by atomic mass is 10.0. The maximum Gasteiger partial charge on any atom is 0.308 e. The molecule has 128 valence electrons. The molecule has 1 aliphatic heterocycles. The Labute approximate surface area is 139 Å². The summed E-state index contributed by atoms with van der Waals surface area (Å²) in [4.78, 5) is 12.1. The van der Waals surface area contributed by atoms with Crippen LogP contribution in [0.1, 0.15) is 51.5 Å². The van der Waals surface area contributed by atoms with Crippen LogP contribution in [0, 0.1) is 5.92 Å². The van der Waals surface area contributed by atoms with Gasteiger partial charge in [0.1, 0.15) is 6.61 Å². The molecule has 2 rings (SSSR count). The molecule has 0 saturated carbocycles. The van der Waals surface area contributed by atoms with Crippen LogP contribution in [-0.4, -0.2) is 25.0 Å². The molecule has 2 atom stereocenters. The van der Waals surface area contributed by atoms with Crippen molar-refractivity contribution in [3.05, 3.63) is 35.9 Å². The minimum absolute atomic E-state index is 0.138. The largest absolute Gasteiger partial charge is 0.461 e. The normalized spacial score (nSPS) is 19.5. The third-order valence-corrected chi connectivity index (χ3v) is 3.85. The number of ether oxygens (including phenoxy) is 3. The van der Waals surface area contributed by atoms with Crippen molar-refractivity contribution in [1.29, 1.82) is 0 Å². The van der Waals surface area contributed by atoms with Crippen molar-refractivity contribution in [1.82, 2.24) is 0 Å². The van der Waals surface area contributed by atoms with Gasteiger partial charge in [0.2, 0.25) is 0 Å². The van der Waals surface area contributed by atoms with Crippen molar-refractivity contribution in [2.75, 3.05) is 6.61 Å². The standard InChI is InChI=1S/C19H28O4/c1-15(2)12-17(23-19-10-6-7-11-21-19)13-18(20)22-14-16-8-4-3-5-9-16/h3-5,8-9,15,17,19H,6-7,10-14H2,1-2H3. The van der Waals surface area contributed by atoms with Gasteiger partial charge in [-0.15, -0.1) is 0 Å². The van der Waals surface area contributed by atoms with Gasteiger partial charge in [-0.2, -0.15) is 0 Å². The zero-order valence-corrected chi connectivity index (χ0v) is 14.2.